The van der Waals surface area contributed by atoms with Gasteiger partial charge in [0.15, 0.2) is 0 Å². The minimum Gasteiger partial charge on any atom is -0.444 e. The summed E-state index contributed by atoms with van der Waals surface area (Å²) in [4.78, 5) is 27.7. The summed E-state index contributed by atoms with van der Waals surface area (Å²) in [6, 6.07) is 13.0. The van der Waals surface area contributed by atoms with Gasteiger partial charge in [-0.1, -0.05) is 35.9 Å². The van der Waals surface area contributed by atoms with E-state index in [1.165, 1.54) is 29.8 Å². The van der Waals surface area contributed by atoms with Crippen molar-refractivity contribution in [2.24, 2.45) is 5.92 Å². The number of likely N-dealkylation sites (tertiary alicyclic amines) is 2. The van der Waals surface area contributed by atoms with Crippen molar-refractivity contribution in [3.8, 4) is 0 Å². The Kier molecular flexibility index (Phi) is 11.5. The van der Waals surface area contributed by atoms with Gasteiger partial charge in [-0.2, -0.15) is 0 Å². The van der Waals surface area contributed by atoms with Crippen LogP contribution in [0.15, 0.2) is 54.1 Å². The van der Waals surface area contributed by atoms with Crippen LogP contribution in [-0.2, 0) is 15.9 Å². The fraction of sp³-hybridized carbons (Fsp3) is 0.529. The second kappa shape index (κ2) is 14.7. The van der Waals surface area contributed by atoms with Gasteiger partial charge in [-0.3, -0.25) is 0 Å². The highest BCUT2D eigenvalue weighted by molar-refractivity contribution is 5.69. The van der Waals surface area contributed by atoms with Crippen molar-refractivity contribution < 1.29 is 27.8 Å². The minimum absolute atomic E-state index is 0.210. The zero-order valence-corrected chi connectivity index (χ0v) is 25.9. The maximum absolute atomic E-state index is 12.9. The van der Waals surface area contributed by atoms with Gasteiger partial charge in [0, 0.05) is 26.2 Å². The molecule has 0 N–H and O–H groups in total. The number of hydrogen-bond donors (Lipinski definition) is 0. The van der Waals surface area contributed by atoms with Crippen molar-refractivity contribution in [3.63, 3.8) is 0 Å². The molecule has 4 rings (SSSR count). The molecule has 0 aromatic heterocycles. The van der Waals surface area contributed by atoms with Crippen LogP contribution in [0.25, 0.3) is 6.08 Å². The first-order valence-corrected chi connectivity index (χ1v) is 14.8. The lowest BCUT2D eigenvalue weighted by atomic mass is 9.91. The van der Waals surface area contributed by atoms with Crippen LogP contribution >= 0.6 is 0 Å². The van der Waals surface area contributed by atoms with Gasteiger partial charge in [-0.25, -0.2) is 18.4 Å². The van der Waals surface area contributed by atoms with Crippen molar-refractivity contribution in [3.05, 3.63) is 76.9 Å². The number of carbonyl (C=O) groups is 2. The molecule has 2 aromatic carbocycles. The predicted octanol–water partition coefficient (Wildman–Crippen LogP) is 8.26. The summed E-state index contributed by atoms with van der Waals surface area (Å²) in [5.74, 6) is -0.0364. The first-order valence-electron chi connectivity index (χ1n) is 14.8. The highest BCUT2D eigenvalue weighted by Gasteiger charge is 2.28. The highest BCUT2D eigenvalue weighted by Crippen LogP contribution is 2.23. The molecule has 0 aliphatic carbocycles. The maximum atomic E-state index is 12.9. The summed E-state index contributed by atoms with van der Waals surface area (Å²) in [7, 11) is 0. The Morgan fingerprint density at radius 3 is 1.90 bits per heavy atom. The van der Waals surface area contributed by atoms with Crippen LogP contribution in [0, 0.1) is 17.6 Å². The average molecular weight is 585 g/mol. The summed E-state index contributed by atoms with van der Waals surface area (Å²) in [6.45, 7) is 14.0. The van der Waals surface area contributed by atoms with E-state index in [9.17, 15) is 18.4 Å². The molecule has 2 aromatic rings. The van der Waals surface area contributed by atoms with E-state index in [1.54, 1.807) is 21.9 Å². The van der Waals surface area contributed by atoms with Crippen molar-refractivity contribution in [2.75, 3.05) is 26.2 Å². The number of hydrogen-bond acceptors (Lipinski definition) is 4. The second-order valence-corrected chi connectivity index (χ2v) is 13.1. The Morgan fingerprint density at radius 2 is 1.33 bits per heavy atom. The number of halogens is 2. The van der Waals surface area contributed by atoms with E-state index in [-0.39, 0.29) is 23.8 Å². The topological polar surface area (TPSA) is 59.1 Å². The molecule has 1 atom stereocenters. The monoisotopic (exact) mass is 584 g/mol. The maximum Gasteiger partial charge on any atom is 0.410 e. The van der Waals surface area contributed by atoms with Crippen molar-refractivity contribution in [1.29, 1.82) is 0 Å². The van der Waals surface area contributed by atoms with Gasteiger partial charge >= 0.3 is 12.2 Å². The van der Waals surface area contributed by atoms with E-state index in [2.05, 4.69) is 0 Å². The standard InChI is InChI=1S/C17H24FNO2.C17H22FNO2/c2*1-17(2,3)21-16(20)19-10-4-5-14(12-19)11-13-6-8-15(18)9-7-13/h6-9,14H,4-5,10-12H2,1-3H3;6-9,11H,4-5,10,12H2,1-3H3/b;14-11+. The van der Waals surface area contributed by atoms with E-state index < -0.39 is 11.2 Å². The molecule has 0 bridgehead atoms. The van der Waals surface area contributed by atoms with Crippen LogP contribution in [0.3, 0.4) is 0 Å². The van der Waals surface area contributed by atoms with Crippen molar-refractivity contribution in [2.45, 2.75) is 84.8 Å². The molecule has 2 saturated heterocycles. The number of ether oxygens (including phenoxy) is 2. The van der Waals surface area contributed by atoms with E-state index in [1.807, 2.05) is 59.8 Å². The van der Waals surface area contributed by atoms with Crippen LogP contribution in [0.5, 0.6) is 0 Å². The normalized spacial score (nSPS) is 18.7. The van der Waals surface area contributed by atoms with Crippen molar-refractivity contribution >= 4 is 18.3 Å². The predicted molar refractivity (Wildman–Crippen MR) is 162 cm³/mol. The fourth-order valence-corrected chi connectivity index (χ4v) is 4.97. The molecule has 2 fully saturated rings. The van der Waals surface area contributed by atoms with Gasteiger partial charge < -0.3 is 19.3 Å². The number of benzene rings is 2. The molecule has 0 spiro atoms. The quantitative estimate of drug-likeness (QED) is 0.365. The first-order chi connectivity index (χ1) is 19.7. The third kappa shape index (κ3) is 11.8. The number of amides is 2. The van der Waals surface area contributed by atoms with Crippen LogP contribution in [-0.4, -0.2) is 59.4 Å². The van der Waals surface area contributed by atoms with E-state index in [0.29, 0.717) is 19.0 Å². The van der Waals surface area contributed by atoms with Crippen molar-refractivity contribution in [1.82, 2.24) is 9.80 Å². The largest absolute Gasteiger partial charge is 0.444 e. The lowest BCUT2D eigenvalue weighted by molar-refractivity contribution is 0.0165. The number of piperidine rings is 2. The Bertz CT molecular complexity index is 1200. The number of nitrogens with zero attached hydrogens (tertiary/aromatic N) is 2. The fourth-order valence-electron chi connectivity index (χ4n) is 4.97. The summed E-state index contributed by atoms with van der Waals surface area (Å²) < 4.78 is 36.7. The molecule has 2 amide bonds. The SMILES string of the molecule is CC(C)(C)OC(=O)N1CCC/C(=C\c2ccc(F)cc2)C1.CC(C)(C)OC(=O)N1CCCC(Cc2ccc(F)cc2)C1. The summed E-state index contributed by atoms with van der Waals surface area (Å²) in [5.41, 5.74) is 2.31. The van der Waals surface area contributed by atoms with Crippen LogP contribution < -0.4 is 0 Å². The Hall–Kier alpha value is -3.42. The number of rotatable bonds is 3. The van der Waals surface area contributed by atoms with Gasteiger partial charge in [0.25, 0.3) is 0 Å². The summed E-state index contributed by atoms with van der Waals surface area (Å²) in [6.07, 6.45) is 6.36. The average Bonchev–Trinajstić information content (AvgIpc) is 2.90. The molecule has 230 valence electrons. The Labute approximate surface area is 249 Å². The first kappa shape index (κ1) is 33.1. The number of carbonyl (C=O) groups excluding carboxylic acids is 2. The molecule has 0 saturated carbocycles. The lowest BCUT2D eigenvalue weighted by Gasteiger charge is -2.34. The second-order valence-electron chi connectivity index (χ2n) is 13.1. The molecule has 42 heavy (non-hydrogen) atoms. The highest BCUT2D eigenvalue weighted by atomic mass is 19.1. The Morgan fingerprint density at radius 1 is 0.810 bits per heavy atom. The van der Waals surface area contributed by atoms with Crippen LogP contribution in [0.2, 0.25) is 0 Å². The van der Waals surface area contributed by atoms with Gasteiger partial charge in [0.1, 0.15) is 22.8 Å². The molecule has 2 aliphatic rings. The van der Waals surface area contributed by atoms with Crippen LogP contribution in [0.4, 0.5) is 18.4 Å². The molecule has 6 nitrogen and oxygen atoms in total. The third-order valence-electron chi connectivity index (χ3n) is 6.82. The molecular formula is C34H46F2N2O4. The molecular weight excluding hydrogens is 538 g/mol. The smallest absolute Gasteiger partial charge is 0.410 e. The van der Waals surface area contributed by atoms with E-state index in [0.717, 1.165) is 56.3 Å². The van der Waals surface area contributed by atoms with Gasteiger partial charge in [0.05, 0.1) is 0 Å². The van der Waals surface area contributed by atoms with Gasteiger partial charge in [-0.05, 0) is 115 Å². The van der Waals surface area contributed by atoms with E-state index >= 15 is 0 Å². The molecule has 2 heterocycles. The third-order valence-corrected chi connectivity index (χ3v) is 6.82. The zero-order valence-electron chi connectivity index (χ0n) is 25.9. The zero-order chi connectivity index (χ0) is 30.9. The Balaban J connectivity index is 0.000000230. The molecule has 0 radical (unpaired) electrons. The van der Waals surface area contributed by atoms with Crippen LogP contribution in [0.1, 0.15) is 78.4 Å². The molecule has 8 heteroatoms. The van der Waals surface area contributed by atoms with E-state index in [4.69, 9.17) is 9.47 Å². The lowest BCUT2D eigenvalue weighted by Crippen LogP contribution is -2.43. The van der Waals surface area contributed by atoms with Gasteiger partial charge in [-0.15, -0.1) is 0 Å². The summed E-state index contributed by atoms with van der Waals surface area (Å²) in [5, 5.41) is 0. The molecule has 2 aliphatic heterocycles. The van der Waals surface area contributed by atoms with Gasteiger partial charge in [0.2, 0.25) is 0 Å². The molecule has 1 unspecified atom stereocenters. The summed E-state index contributed by atoms with van der Waals surface area (Å²) >= 11 is 0. The minimum atomic E-state index is -0.477.